The topological polar surface area (TPSA) is 196 Å². The maximum Gasteiger partial charge on any atom is 0.284 e. The van der Waals surface area contributed by atoms with E-state index in [-0.39, 0.29) is 27.8 Å². The van der Waals surface area contributed by atoms with Crippen LogP contribution in [0.3, 0.4) is 0 Å². The van der Waals surface area contributed by atoms with Crippen molar-refractivity contribution in [1.29, 1.82) is 5.26 Å². The number of benzene rings is 2. The number of nitrogens with zero attached hydrogens (tertiary/aromatic N) is 4. The van der Waals surface area contributed by atoms with Crippen LogP contribution in [0.15, 0.2) is 35.9 Å². The first-order valence-corrected chi connectivity index (χ1v) is 7.38. The second-order valence-corrected chi connectivity index (χ2v) is 5.61. The van der Waals surface area contributed by atoms with Gasteiger partial charge in [-0.3, -0.25) is 35.1 Å². The van der Waals surface area contributed by atoms with Gasteiger partial charge in [-0.2, -0.15) is 5.26 Å². The highest BCUT2D eigenvalue weighted by Gasteiger charge is 2.37. The van der Waals surface area contributed by atoms with E-state index in [1.165, 1.54) is 6.07 Å². The van der Waals surface area contributed by atoms with Crippen LogP contribution in [0.2, 0.25) is 0 Å². The van der Waals surface area contributed by atoms with Crippen molar-refractivity contribution in [1.82, 2.24) is 0 Å². The van der Waals surface area contributed by atoms with Gasteiger partial charge >= 0.3 is 0 Å². The number of non-ortho nitro benzene ring substituents is 2. The zero-order valence-corrected chi connectivity index (χ0v) is 13.6. The number of nitriles is 1. The van der Waals surface area contributed by atoms with Gasteiger partial charge in [-0.15, -0.1) is 0 Å². The van der Waals surface area contributed by atoms with Gasteiger partial charge < -0.3 is 5.73 Å². The minimum atomic E-state index is -1.18. The second-order valence-electron chi connectivity index (χ2n) is 5.61. The number of amides is 1. The van der Waals surface area contributed by atoms with E-state index in [1.54, 1.807) is 6.07 Å². The highest BCUT2D eigenvalue weighted by molar-refractivity contribution is 6.15. The van der Waals surface area contributed by atoms with E-state index in [0.717, 1.165) is 24.3 Å². The molecule has 0 aromatic heterocycles. The van der Waals surface area contributed by atoms with Crippen LogP contribution in [0.1, 0.15) is 11.1 Å². The Morgan fingerprint density at radius 2 is 1.50 bits per heavy atom. The molecule has 2 N–H and O–H groups in total. The first kappa shape index (κ1) is 18.1. The van der Waals surface area contributed by atoms with E-state index < -0.39 is 43.3 Å². The first-order chi connectivity index (χ1) is 13.2. The Kier molecular flexibility index (Phi) is 4.05. The van der Waals surface area contributed by atoms with Gasteiger partial charge in [0.2, 0.25) is 0 Å². The van der Waals surface area contributed by atoms with E-state index in [1.807, 2.05) is 0 Å². The van der Waals surface area contributed by atoms with Crippen molar-refractivity contribution in [2.75, 3.05) is 0 Å². The summed E-state index contributed by atoms with van der Waals surface area (Å²) in [7, 11) is 0. The molecule has 1 amide bonds. The average molecular weight is 381 g/mol. The first-order valence-electron chi connectivity index (χ1n) is 7.38. The Balaban J connectivity index is 2.55. The molecule has 0 spiro atoms. The van der Waals surface area contributed by atoms with Gasteiger partial charge in [0.05, 0.1) is 26.4 Å². The Morgan fingerprint density at radius 1 is 0.893 bits per heavy atom. The number of primary amides is 1. The quantitative estimate of drug-likeness (QED) is 0.307. The third kappa shape index (κ3) is 2.59. The predicted octanol–water partition coefficient (Wildman–Crippen LogP) is 2.20. The zero-order chi connectivity index (χ0) is 20.7. The number of hydrogen-bond acceptors (Lipinski definition) is 8. The summed E-state index contributed by atoms with van der Waals surface area (Å²) >= 11 is 0. The van der Waals surface area contributed by atoms with Crippen LogP contribution in [-0.2, 0) is 4.79 Å². The van der Waals surface area contributed by atoms with Gasteiger partial charge in [0.25, 0.3) is 23.0 Å². The van der Waals surface area contributed by atoms with Crippen molar-refractivity contribution in [2.24, 2.45) is 5.73 Å². The Bertz CT molecular complexity index is 1190. The number of nitro groups is 3. The summed E-state index contributed by atoms with van der Waals surface area (Å²) in [5, 5.41) is 43.1. The molecule has 28 heavy (non-hydrogen) atoms. The number of carbonyl (C=O) groups excluding carboxylic acids is 1. The number of nitro benzene ring substituents is 3. The summed E-state index contributed by atoms with van der Waals surface area (Å²) in [6.07, 6.45) is 0. The molecule has 0 saturated carbocycles. The fourth-order valence-electron chi connectivity index (χ4n) is 3.06. The number of carbonyl (C=O) groups is 1. The minimum Gasteiger partial charge on any atom is -0.365 e. The number of rotatable bonds is 4. The molecule has 0 aliphatic heterocycles. The molecule has 3 rings (SSSR count). The average Bonchev–Trinajstić information content (AvgIpc) is 2.95. The molecule has 138 valence electrons. The van der Waals surface area contributed by atoms with Gasteiger partial charge in [-0.05, 0) is 17.2 Å². The van der Waals surface area contributed by atoms with Gasteiger partial charge in [0, 0.05) is 29.3 Å². The van der Waals surface area contributed by atoms with Gasteiger partial charge in [0.1, 0.15) is 11.6 Å². The van der Waals surface area contributed by atoms with E-state index in [4.69, 9.17) is 5.73 Å². The summed E-state index contributed by atoms with van der Waals surface area (Å²) in [6.45, 7) is 0. The molecule has 0 unspecified atom stereocenters. The molecule has 0 atom stereocenters. The normalized spacial score (nSPS) is 13.1. The standard InChI is InChI=1S/C16H7N5O7/c17-6-12(16(18)22)14-10-3-7(19(23)24)1-2-9(10)15-11(14)4-8(20(25)26)5-13(15)21(27)28/h1-5H,(H2,18,22). The van der Waals surface area contributed by atoms with Crippen LogP contribution < -0.4 is 5.73 Å². The zero-order valence-electron chi connectivity index (χ0n) is 13.6. The van der Waals surface area contributed by atoms with Crippen molar-refractivity contribution in [3.8, 4) is 17.2 Å². The van der Waals surface area contributed by atoms with Crippen molar-refractivity contribution in [3.05, 3.63) is 77.4 Å². The van der Waals surface area contributed by atoms with E-state index in [9.17, 15) is 40.4 Å². The SMILES string of the molecule is N#CC(C(N)=O)=C1c2cc([N+](=O)[O-])ccc2-c2c1cc([N+](=O)[O-])cc2[N+](=O)[O-]. The lowest BCUT2D eigenvalue weighted by atomic mass is 9.97. The Labute approximate surface area is 154 Å². The van der Waals surface area contributed by atoms with Crippen LogP contribution in [-0.4, -0.2) is 20.7 Å². The number of fused-ring (bicyclic) bond motifs is 3. The van der Waals surface area contributed by atoms with Crippen molar-refractivity contribution in [3.63, 3.8) is 0 Å². The highest BCUT2D eigenvalue weighted by Crippen LogP contribution is 2.51. The lowest BCUT2D eigenvalue weighted by Gasteiger charge is -2.05. The summed E-state index contributed by atoms with van der Waals surface area (Å²) in [5.41, 5.74) is 2.52. The van der Waals surface area contributed by atoms with Gasteiger partial charge in [-0.25, -0.2) is 0 Å². The molecule has 0 fully saturated rings. The molecule has 0 saturated heterocycles. The van der Waals surface area contributed by atoms with Crippen LogP contribution in [0.4, 0.5) is 17.1 Å². The fraction of sp³-hybridized carbons (Fsp3) is 0. The lowest BCUT2D eigenvalue weighted by Crippen LogP contribution is -2.14. The van der Waals surface area contributed by atoms with Crippen LogP contribution in [0.5, 0.6) is 0 Å². The fourth-order valence-corrected chi connectivity index (χ4v) is 3.06. The Morgan fingerprint density at radius 3 is 2.00 bits per heavy atom. The highest BCUT2D eigenvalue weighted by atomic mass is 16.6. The molecule has 2 aromatic rings. The molecular weight excluding hydrogens is 374 g/mol. The molecule has 0 heterocycles. The third-order valence-electron chi connectivity index (χ3n) is 4.14. The van der Waals surface area contributed by atoms with Crippen LogP contribution in [0.25, 0.3) is 16.7 Å². The summed E-state index contributed by atoms with van der Waals surface area (Å²) in [5.74, 6) is -1.18. The Hall–Kier alpha value is -4.66. The molecule has 0 bridgehead atoms. The van der Waals surface area contributed by atoms with Crippen molar-refractivity contribution in [2.45, 2.75) is 0 Å². The summed E-state index contributed by atoms with van der Waals surface area (Å²) < 4.78 is 0. The molecule has 1 aliphatic carbocycles. The molecule has 1 aliphatic rings. The monoisotopic (exact) mass is 381 g/mol. The van der Waals surface area contributed by atoms with Crippen LogP contribution >= 0.6 is 0 Å². The van der Waals surface area contributed by atoms with Crippen molar-refractivity contribution >= 4 is 28.5 Å². The number of hydrogen-bond donors (Lipinski definition) is 1. The van der Waals surface area contributed by atoms with E-state index in [2.05, 4.69) is 0 Å². The largest absolute Gasteiger partial charge is 0.365 e. The second kappa shape index (κ2) is 6.25. The van der Waals surface area contributed by atoms with Gasteiger partial charge in [0.15, 0.2) is 0 Å². The van der Waals surface area contributed by atoms with Crippen molar-refractivity contribution < 1.29 is 19.6 Å². The van der Waals surface area contributed by atoms with E-state index >= 15 is 0 Å². The molecule has 12 heteroatoms. The molecule has 12 nitrogen and oxygen atoms in total. The van der Waals surface area contributed by atoms with E-state index in [0.29, 0.717) is 0 Å². The third-order valence-corrected chi connectivity index (χ3v) is 4.14. The molecule has 0 radical (unpaired) electrons. The van der Waals surface area contributed by atoms with Crippen LogP contribution in [0, 0.1) is 41.7 Å². The molecule has 2 aromatic carbocycles. The number of nitrogens with two attached hydrogens (primary N) is 1. The maximum atomic E-state index is 11.7. The molecular formula is C16H7N5O7. The minimum absolute atomic E-state index is 0.0249. The van der Waals surface area contributed by atoms with Gasteiger partial charge in [-0.1, -0.05) is 0 Å². The smallest absolute Gasteiger partial charge is 0.284 e. The summed E-state index contributed by atoms with van der Waals surface area (Å²) in [6, 6.07) is 6.60. The summed E-state index contributed by atoms with van der Waals surface area (Å²) in [4.78, 5) is 43.1. The lowest BCUT2D eigenvalue weighted by molar-refractivity contribution is -0.393. The maximum absolute atomic E-state index is 11.7. The predicted molar refractivity (Wildman–Crippen MR) is 92.7 cm³/mol.